The third-order valence-corrected chi connectivity index (χ3v) is 5.93. The van der Waals surface area contributed by atoms with Gasteiger partial charge in [0.1, 0.15) is 12.4 Å². The minimum absolute atomic E-state index is 0.285. The number of ether oxygens (including phenoxy) is 2. The van der Waals surface area contributed by atoms with Crippen molar-refractivity contribution in [2.24, 2.45) is 0 Å². The number of hydrogen-bond donors (Lipinski definition) is 1. The molecule has 0 radical (unpaired) electrons. The molecule has 1 fully saturated rings. The van der Waals surface area contributed by atoms with Crippen molar-refractivity contribution < 1.29 is 19.4 Å². The molecule has 0 saturated heterocycles. The third-order valence-electron chi connectivity index (χ3n) is 5.93. The molecule has 4 rings (SSSR count). The molecule has 0 unspecified atom stereocenters. The number of fused-ring (bicyclic) bond motifs is 3. The summed E-state index contributed by atoms with van der Waals surface area (Å²) in [7, 11) is 0. The molecule has 1 aliphatic heterocycles. The first-order valence-corrected chi connectivity index (χ1v) is 10.6. The Morgan fingerprint density at radius 2 is 1.83 bits per heavy atom. The minimum atomic E-state index is -0.920. The van der Waals surface area contributed by atoms with Crippen molar-refractivity contribution in [1.82, 2.24) is 4.90 Å². The Kier molecular flexibility index (Phi) is 6.47. The van der Waals surface area contributed by atoms with Crippen LogP contribution < -0.4 is 4.74 Å². The summed E-state index contributed by atoms with van der Waals surface area (Å²) in [5.74, 6) is -0.190. The van der Waals surface area contributed by atoms with Gasteiger partial charge in [0.25, 0.3) is 0 Å². The molecule has 1 heterocycles. The van der Waals surface area contributed by atoms with Gasteiger partial charge in [-0.05, 0) is 47.7 Å². The van der Waals surface area contributed by atoms with Crippen molar-refractivity contribution in [2.75, 3.05) is 26.4 Å². The Morgan fingerprint density at radius 3 is 2.66 bits per heavy atom. The highest BCUT2D eigenvalue weighted by molar-refractivity contribution is 5.88. The van der Waals surface area contributed by atoms with E-state index in [0.29, 0.717) is 32.3 Å². The number of benzene rings is 2. The zero-order chi connectivity index (χ0) is 20.1. The van der Waals surface area contributed by atoms with E-state index in [0.717, 1.165) is 24.4 Å². The smallest absolute Gasteiger partial charge is 0.335 e. The first-order valence-electron chi connectivity index (χ1n) is 10.6. The van der Waals surface area contributed by atoms with Crippen LogP contribution in [0.25, 0.3) is 0 Å². The van der Waals surface area contributed by atoms with E-state index < -0.39 is 5.97 Å². The predicted molar refractivity (Wildman–Crippen MR) is 112 cm³/mol. The second-order valence-electron chi connectivity index (χ2n) is 7.99. The molecule has 2 aromatic carbocycles. The average Bonchev–Trinajstić information content (AvgIpc) is 3.25. The highest BCUT2D eigenvalue weighted by Gasteiger charge is 2.22. The summed E-state index contributed by atoms with van der Waals surface area (Å²) >= 11 is 0. The highest BCUT2D eigenvalue weighted by atomic mass is 16.5. The Hall–Kier alpha value is -2.37. The second kappa shape index (κ2) is 9.42. The maximum absolute atomic E-state index is 11.4. The number of hydrogen-bond acceptors (Lipinski definition) is 4. The quantitative estimate of drug-likeness (QED) is 0.829. The van der Waals surface area contributed by atoms with Crippen LogP contribution in [-0.4, -0.2) is 48.4 Å². The van der Waals surface area contributed by atoms with Crippen LogP contribution in [0.5, 0.6) is 5.75 Å². The van der Waals surface area contributed by atoms with Gasteiger partial charge in [0, 0.05) is 25.6 Å². The lowest BCUT2D eigenvalue weighted by Gasteiger charge is -2.29. The van der Waals surface area contributed by atoms with Gasteiger partial charge in [-0.2, -0.15) is 0 Å². The Bertz CT molecular complexity index is 845. The molecule has 2 aromatic rings. The van der Waals surface area contributed by atoms with Crippen LogP contribution in [0.2, 0.25) is 0 Å². The van der Waals surface area contributed by atoms with E-state index in [9.17, 15) is 9.90 Å². The van der Waals surface area contributed by atoms with E-state index in [4.69, 9.17) is 9.47 Å². The van der Waals surface area contributed by atoms with Gasteiger partial charge in [0.05, 0.1) is 18.8 Å². The average molecular weight is 395 g/mol. The maximum Gasteiger partial charge on any atom is 0.335 e. The number of aromatic carboxylic acids is 1. The number of carboxylic acids is 1. The lowest BCUT2D eigenvalue weighted by molar-refractivity contribution is 0.0654. The van der Waals surface area contributed by atoms with Gasteiger partial charge in [-0.3, -0.25) is 4.90 Å². The molecule has 154 valence electrons. The molecule has 0 amide bonds. The number of rotatable bonds is 2. The summed E-state index contributed by atoms with van der Waals surface area (Å²) in [5, 5.41) is 9.37. The van der Waals surface area contributed by atoms with Crippen molar-refractivity contribution in [3.8, 4) is 5.75 Å². The van der Waals surface area contributed by atoms with Crippen LogP contribution >= 0.6 is 0 Å². The van der Waals surface area contributed by atoms with Crippen LogP contribution in [-0.2, 0) is 17.7 Å². The molecule has 1 saturated carbocycles. The fraction of sp³-hybridized carbons (Fsp3) is 0.458. The van der Waals surface area contributed by atoms with Gasteiger partial charge in [0.15, 0.2) is 0 Å². The van der Waals surface area contributed by atoms with Crippen LogP contribution in [0.1, 0.15) is 52.7 Å². The standard InChI is InChI=1S/C24H29NO4/c26-24(27)20-8-9-23-21(16-20)15-18-4-3-5-19(14-18)17-25(22-6-1-2-7-22)10-11-28-12-13-29-23/h3-5,8-9,14,16,22H,1-2,6-7,10-13,15,17H2,(H,26,27). The Balaban J connectivity index is 1.62. The van der Waals surface area contributed by atoms with E-state index in [1.54, 1.807) is 18.2 Å². The number of carbonyl (C=O) groups is 1. The molecule has 1 aliphatic carbocycles. The summed E-state index contributed by atoms with van der Waals surface area (Å²) in [5.41, 5.74) is 3.65. The van der Waals surface area contributed by atoms with Gasteiger partial charge < -0.3 is 14.6 Å². The number of carboxylic acid groups (broad SMARTS) is 1. The molecule has 5 heteroatoms. The zero-order valence-electron chi connectivity index (χ0n) is 16.8. The van der Waals surface area contributed by atoms with Crippen LogP contribution in [0.3, 0.4) is 0 Å². The summed E-state index contributed by atoms with van der Waals surface area (Å²) < 4.78 is 11.8. The predicted octanol–water partition coefficient (Wildman–Crippen LogP) is 4.13. The summed E-state index contributed by atoms with van der Waals surface area (Å²) in [6, 6.07) is 14.4. The summed E-state index contributed by atoms with van der Waals surface area (Å²) in [4.78, 5) is 14.0. The van der Waals surface area contributed by atoms with Gasteiger partial charge >= 0.3 is 5.97 Å². The molecule has 2 aliphatic rings. The number of nitrogens with zero attached hydrogens (tertiary/aromatic N) is 1. The molecule has 2 bridgehead atoms. The third kappa shape index (κ3) is 5.17. The van der Waals surface area contributed by atoms with E-state index in [-0.39, 0.29) is 5.56 Å². The molecule has 5 nitrogen and oxygen atoms in total. The first-order chi connectivity index (χ1) is 14.2. The SMILES string of the molecule is O=C(O)c1ccc2c(c1)Cc1cccc(c1)CN(C1CCCC1)CCOCCO2. The molecular weight excluding hydrogens is 366 g/mol. The van der Waals surface area contributed by atoms with Crippen molar-refractivity contribution in [3.63, 3.8) is 0 Å². The van der Waals surface area contributed by atoms with Gasteiger partial charge in [-0.15, -0.1) is 0 Å². The largest absolute Gasteiger partial charge is 0.491 e. The molecule has 29 heavy (non-hydrogen) atoms. The topological polar surface area (TPSA) is 59.0 Å². The minimum Gasteiger partial charge on any atom is -0.491 e. The normalized spacial score (nSPS) is 19.2. The van der Waals surface area contributed by atoms with Crippen LogP contribution in [0, 0.1) is 0 Å². The molecule has 0 aromatic heterocycles. The molecule has 0 spiro atoms. The zero-order valence-corrected chi connectivity index (χ0v) is 16.8. The van der Waals surface area contributed by atoms with Crippen molar-refractivity contribution in [1.29, 1.82) is 0 Å². The first kappa shape index (κ1) is 19.9. The molecule has 1 N–H and O–H groups in total. The van der Waals surface area contributed by atoms with Crippen molar-refractivity contribution in [2.45, 2.75) is 44.7 Å². The summed E-state index contributed by atoms with van der Waals surface area (Å²) in [6.45, 7) is 3.56. The second-order valence-corrected chi connectivity index (χ2v) is 7.99. The van der Waals surface area contributed by atoms with Crippen LogP contribution in [0.4, 0.5) is 0 Å². The van der Waals surface area contributed by atoms with E-state index in [1.165, 1.54) is 36.8 Å². The van der Waals surface area contributed by atoms with E-state index >= 15 is 0 Å². The Labute approximate surface area is 172 Å². The van der Waals surface area contributed by atoms with Gasteiger partial charge in [-0.25, -0.2) is 4.79 Å². The lowest BCUT2D eigenvalue weighted by atomic mass is 9.99. The van der Waals surface area contributed by atoms with Gasteiger partial charge in [0.2, 0.25) is 0 Å². The van der Waals surface area contributed by atoms with Crippen molar-refractivity contribution >= 4 is 5.97 Å². The Morgan fingerprint density at radius 1 is 1.00 bits per heavy atom. The fourth-order valence-electron chi connectivity index (χ4n) is 4.44. The molecular formula is C24H29NO4. The summed E-state index contributed by atoms with van der Waals surface area (Å²) in [6.07, 6.45) is 5.83. The maximum atomic E-state index is 11.4. The lowest BCUT2D eigenvalue weighted by Crippen LogP contribution is -2.35. The highest BCUT2D eigenvalue weighted by Crippen LogP contribution is 2.27. The molecule has 0 atom stereocenters. The van der Waals surface area contributed by atoms with E-state index in [2.05, 4.69) is 29.2 Å². The van der Waals surface area contributed by atoms with E-state index in [1.807, 2.05) is 0 Å². The van der Waals surface area contributed by atoms with Crippen LogP contribution in [0.15, 0.2) is 42.5 Å². The van der Waals surface area contributed by atoms with Gasteiger partial charge in [-0.1, -0.05) is 37.1 Å². The fourth-order valence-corrected chi connectivity index (χ4v) is 4.44. The van der Waals surface area contributed by atoms with Crippen molar-refractivity contribution in [3.05, 3.63) is 64.7 Å². The monoisotopic (exact) mass is 395 g/mol.